The Balaban J connectivity index is 2.05. The van der Waals surface area contributed by atoms with Crippen LogP contribution < -0.4 is 0 Å². The lowest BCUT2D eigenvalue weighted by Crippen LogP contribution is -2.42. The van der Waals surface area contributed by atoms with Crippen LogP contribution in [-0.2, 0) is 18.9 Å². The van der Waals surface area contributed by atoms with E-state index >= 15 is 0 Å². The van der Waals surface area contributed by atoms with Crippen LogP contribution in [0.25, 0.3) is 0 Å². The van der Waals surface area contributed by atoms with E-state index in [0.717, 1.165) is 6.42 Å². The number of rotatable bonds is 7. The monoisotopic (exact) mass is 328 g/mol. The Kier molecular flexibility index (Phi) is 6.25. The molecule has 2 heterocycles. The summed E-state index contributed by atoms with van der Waals surface area (Å²) in [5.74, 6) is -1.39. The van der Waals surface area contributed by atoms with Crippen molar-refractivity contribution in [3.05, 3.63) is 12.2 Å². The maximum atomic E-state index is 9.60. The highest BCUT2D eigenvalue weighted by molar-refractivity contribution is 5.03. The van der Waals surface area contributed by atoms with E-state index in [2.05, 4.69) is 19.1 Å². The highest BCUT2D eigenvalue weighted by Gasteiger charge is 2.52. The maximum Gasteiger partial charge on any atom is 0.164 e. The van der Waals surface area contributed by atoms with E-state index in [1.807, 2.05) is 27.7 Å². The van der Waals surface area contributed by atoms with Gasteiger partial charge in [-0.15, -0.1) is 0 Å². The molecule has 2 saturated heterocycles. The molecular formula is C18H32O5. The van der Waals surface area contributed by atoms with Crippen molar-refractivity contribution in [3.63, 3.8) is 0 Å². The third-order valence-corrected chi connectivity index (χ3v) is 4.19. The fourth-order valence-electron chi connectivity index (χ4n) is 3.25. The van der Waals surface area contributed by atoms with Gasteiger partial charge < -0.3 is 24.1 Å². The molecule has 0 spiro atoms. The molecule has 2 fully saturated rings. The van der Waals surface area contributed by atoms with Crippen molar-refractivity contribution in [1.82, 2.24) is 0 Å². The molecule has 5 nitrogen and oxygen atoms in total. The zero-order valence-electron chi connectivity index (χ0n) is 15.1. The van der Waals surface area contributed by atoms with Gasteiger partial charge in [0.15, 0.2) is 11.6 Å². The first kappa shape index (κ1) is 18.9. The molecule has 0 unspecified atom stereocenters. The molecule has 0 aromatic heterocycles. The molecule has 0 aliphatic carbocycles. The van der Waals surface area contributed by atoms with Gasteiger partial charge in [-0.25, -0.2) is 0 Å². The summed E-state index contributed by atoms with van der Waals surface area (Å²) in [5, 5.41) is 9.60. The summed E-state index contributed by atoms with van der Waals surface area (Å²) in [4.78, 5) is 0. The van der Waals surface area contributed by atoms with E-state index in [1.165, 1.54) is 19.3 Å². The van der Waals surface area contributed by atoms with Crippen molar-refractivity contribution in [2.24, 2.45) is 0 Å². The van der Waals surface area contributed by atoms with E-state index in [1.54, 1.807) is 0 Å². The first-order valence-corrected chi connectivity index (χ1v) is 8.77. The molecule has 23 heavy (non-hydrogen) atoms. The van der Waals surface area contributed by atoms with Gasteiger partial charge in [0.2, 0.25) is 0 Å². The first-order valence-electron chi connectivity index (χ1n) is 8.77. The van der Waals surface area contributed by atoms with Crippen molar-refractivity contribution in [2.75, 3.05) is 6.61 Å². The highest BCUT2D eigenvalue weighted by Crippen LogP contribution is 2.38. The quantitative estimate of drug-likeness (QED) is 0.575. The molecule has 0 saturated carbocycles. The van der Waals surface area contributed by atoms with Crippen LogP contribution in [0.15, 0.2) is 12.2 Å². The van der Waals surface area contributed by atoms with Gasteiger partial charge in [0.1, 0.15) is 24.4 Å². The normalized spacial score (nSPS) is 36.1. The summed E-state index contributed by atoms with van der Waals surface area (Å²) >= 11 is 0. The molecule has 0 aromatic rings. The summed E-state index contributed by atoms with van der Waals surface area (Å²) in [6.07, 6.45) is 7.68. The number of aliphatic hydroxyl groups excluding tert-OH is 1. The number of unbranched alkanes of at least 4 members (excludes halogenated alkanes) is 3. The lowest BCUT2D eigenvalue weighted by Gasteiger charge is -2.24. The molecule has 0 amide bonds. The predicted molar refractivity (Wildman–Crippen MR) is 88.0 cm³/mol. The van der Waals surface area contributed by atoms with Crippen molar-refractivity contribution < 1.29 is 24.1 Å². The number of hydrogen-bond acceptors (Lipinski definition) is 5. The minimum absolute atomic E-state index is 0.0959. The number of allylic oxidation sites excluding steroid dienone is 1. The van der Waals surface area contributed by atoms with Crippen LogP contribution in [-0.4, -0.2) is 47.7 Å². The predicted octanol–water partition coefficient (Wildman–Crippen LogP) is 3.16. The minimum Gasteiger partial charge on any atom is -0.394 e. The molecule has 2 aliphatic rings. The topological polar surface area (TPSA) is 57.2 Å². The standard InChI is InChI=1S/C18H32O5/c1-6-7-8-9-10-11-13-15(22-17(2,3)20-13)16-14(12-19)21-18(4,5)23-16/h10-11,13-16,19H,6-9,12H2,1-5H3/b11-10-/t13-,14+,15+,16-/m0/s1. The van der Waals surface area contributed by atoms with Crippen LogP contribution in [0.3, 0.4) is 0 Å². The Morgan fingerprint density at radius 3 is 2.22 bits per heavy atom. The summed E-state index contributed by atoms with van der Waals surface area (Å²) in [6.45, 7) is 9.61. The van der Waals surface area contributed by atoms with E-state index in [0.29, 0.717) is 0 Å². The molecule has 5 heteroatoms. The van der Waals surface area contributed by atoms with E-state index in [4.69, 9.17) is 18.9 Å². The Morgan fingerprint density at radius 1 is 0.913 bits per heavy atom. The second-order valence-corrected chi connectivity index (χ2v) is 7.31. The molecular weight excluding hydrogens is 296 g/mol. The Bertz CT molecular complexity index is 404. The van der Waals surface area contributed by atoms with Gasteiger partial charge in [-0.05, 0) is 40.5 Å². The van der Waals surface area contributed by atoms with Crippen LogP contribution in [0.1, 0.15) is 60.3 Å². The molecule has 0 bridgehead atoms. The average Bonchev–Trinajstić information content (AvgIpc) is 2.94. The lowest BCUT2D eigenvalue weighted by molar-refractivity contribution is -0.175. The van der Waals surface area contributed by atoms with Gasteiger partial charge in [-0.1, -0.05) is 31.9 Å². The molecule has 1 N–H and O–H groups in total. The Hall–Kier alpha value is -0.460. The van der Waals surface area contributed by atoms with E-state index < -0.39 is 17.7 Å². The van der Waals surface area contributed by atoms with E-state index in [9.17, 15) is 5.11 Å². The van der Waals surface area contributed by atoms with Gasteiger partial charge in [0, 0.05) is 0 Å². The molecule has 2 rings (SSSR count). The molecule has 0 aromatic carbocycles. The van der Waals surface area contributed by atoms with Gasteiger partial charge in [-0.3, -0.25) is 0 Å². The van der Waals surface area contributed by atoms with Gasteiger partial charge in [0.25, 0.3) is 0 Å². The number of ether oxygens (including phenoxy) is 4. The second kappa shape index (κ2) is 7.62. The van der Waals surface area contributed by atoms with Crippen LogP contribution in [0.5, 0.6) is 0 Å². The number of aliphatic hydroxyl groups is 1. The minimum atomic E-state index is -0.719. The van der Waals surface area contributed by atoms with Crippen molar-refractivity contribution in [1.29, 1.82) is 0 Å². The fourth-order valence-corrected chi connectivity index (χ4v) is 3.25. The van der Waals surface area contributed by atoms with Gasteiger partial charge in [0.05, 0.1) is 6.61 Å². The molecule has 2 aliphatic heterocycles. The van der Waals surface area contributed by atoms with Gasteiger partial charge in [-0.2, -0.15) is 0 Å². The largest absolute Gasteiger partial charge is 0.394 e. The average molecular weight is 328 g/mol. The summed E-state index contributed by atoms with van der Waals surface area (Å²) < 4.78 is 23.8. The van der Waals surface area contributed by atoms with Crippen LogP contribution >= 0.6 is 0 Å². The molecule has 4 atom stereocenters. The van der Waals surface area contributed by atoms with Gasteiger partial charge >= 0.3 is 0 Å². The summed E-state index contributed by atoms with van der Waals surface area (Å²) in [6, 6.07) is 0. The Labute approximate surface area is 139 Å². The van der Waals surface area contributed by atoms with Crippen molar-refractivity contribution in [3.8, 4) is 0 Å². The molecule has 0 radical (unpaired) electrons. The third kappa shape index (κ3) is 5.00. The highest BCUT2D eigenvalue weighted by atomic mass is 16.8. The summed E-state index contributed by atoms with van der Waals surface area (Å²) in [7, 11) is 0. The SMILES string of the molecule is CCCCC/C=C\[C@@H]1OC(C)(C)O[C@H]1[C@H]1OC(C)(C)O[C@@H]1CO. The summed E-state index contributed by atoms with van der Waals surface area (Å²) in [5.41, 5.74) is 0. The zero-order chi connectivity index (χ0) is 17.1. The lowest BCUT2D eigenvalue weighted by atomic mass is 10.0. The Morgan fingerprint density at radius 2 is 1.57 bits per heavy atom. The third-order valence-electron chi connectivity index (χ3n) is 4.19. The first-order chi connectivity index (χ1) is 10.8. The molecule has 134 valence electrons. The van der Waals surface area contributed by atoms with E-state index in [-0.39, 0.29) is 24.9 Å². The smallest absolute Gasteiger partial charge is 0.164 e. The van der Waals surface area contributed by atoms with Crippen LogP contribution in [0.4, 0.5) is 0 Å². The fraction of sp³-hybridized carbons (Fsp3) is 0.889. The van der Waals surface area contributed by atoms with Crippen LogP contribution in [0.2, 0.25) is 0 Å². The van der Waals surface area contributed by atoms with Crippen molar-refractivity contribution >= 4 is 0 Å². The van der Waals surface area contributed by atoms with Crippen LogP contribution in [0, 0.1) is 0 Å². The zero-order valence-corrected chi connectivity index (χ0v) is 15.1. The van der Waals surface area contributed by atoms with Crippen molar-refractivity contribution in [2.45, 2.75) is 96.3 Å². The second-order valence-electron chi connectivity index (χ2n) is 7.31. The number of hydrogen-bond donors (Lipinski definition) is 1. The maximum absolute atomic E-state index is 9.60.